The van der Waals surface area contributed by atoms with E-state index in [9.17, 15) is 4.79 Å². The molecule has 0 heterocycles. The van der Waals surface area contributed by atoms with Crippen LogP contribution in [0.4, 0.5) is 0 Å². The second-order valence-corrected chi connectivity index (χ2v) is 4.73. The lowest BCUT2D eigenvalue weighted by atomic mass is 10.1. The highest BCUT2D eigenvalue weighted by Crippen LogP contribution is 2.25. The average molecular weight is 279 g/mol. The zero-order valence-electron chi connectivity index (χ0n) is 12.8. The lowest BCUT2D eigenvalue weighted by Gasteiger charge is -2.20. The largest absolute Gasteiger partial charge is 0.479 e. The van der Waals surface area contributed by atoms with Crippen LogP contribution in [0.3, 0.4) is 0 Å². The first-order valence-electron chi connectivity index (χ1n) is 7.25. The summed E-state index contributed by atoms with van der Waals surface area (Å²) in [4.78, 5) is 11.6. The molecule has 112 valence electrons. The number of benzene rings is 1. The first-order chi connectivity index (χ1) is 9.60. The number of para-hydroxylation sites is 1. The van der Waals surface area contributed by atoms with Gasteiger partial charge in [-0.25, -0.2) is 4.79 Å². The standard InChI is InChI=1S/C16H25NO3/c1-5-11-17-12(3)14-9-7-8-10-15(14)20-13(4)16(18)19-6-2/h7-10,12-13,17H,5-6,11H2,1-4H3. The zero-order valence-corrected chi connectivity index (χ0v) is 12.8. The normalized spacial score (nSPS) is 13.6. The van der Waals surface area contributed by atoms with Gasteiger partial charge in [-0.3, -0.25) is 0 Å². The summed E-state index contributed by atoms with van der Waals surface area (Å²) in [5.74, 6) is 0.389. The van der Waals surface area contributed by atoms with Gasteiger partial charge in [0, 0.05) is 11.6 Å². The number of carbonyl (C=O) groups excluding carboxylic acids is 1. The van der Waals surface area contributed by atoms with Crippen molar-refractivity contribution in [2.75, 3.05) is 13.2 Å². The van der Waals surface area contributed by atoms with Crippen LogP contribution >= 0.6 is 0 Å². The van der Waals surface area contributed by atoms with Crippen molar-refractivity contribution in [3.05, 3.63) is 29.8 Å². The lowest BCUT2D eigenvalue weighted by Crippen LogP contribution is -2.27. The molecule has 2 unspecified atom stereocenters. The number of nitrogens with one attached hydrogen (secondary N) is 1. The van der Waals surface area contributed by atoms with E-state index in [1.165, 1.54) is 0 Å². The molecule has 1 aromatic rings. The maximum absolute atomic E-state index is 11.6. The van der Waals surface area contributed by atoms with Crippen LogP contribution in [-0.2, 0) is 9.53 Å². The van der Waals surface area contributed by atoms with Crippen molar-refractivity contribution in [2.24, 2.45) is 0 Å². The summed E-state index contributed by atoms with van der Waals surface area (Å²) in [6.45, 7) is 9.03. The smallest absolute Gasteiger partial charge is 0.347 e. The molecule has 0 fully saturated rings. The topological polar surface area (TPSA) is 47.6 Å². The molecule has 2 atom stereocenters. The molecule has 0 saturated heterocycles. The van der Waals surface area contributed by atoms with Gasteiger partial charge in [0.1, 0.15) is 5.75 Å². The quantitative estimate of drug-likeness (QED) is 0.743. The highest BCUT2D eigenvalue weighted by atomic mass is 16.6. The molecule has 0 radical (unpaired) electrons. The fraction of sp³-hybridized carbons (Fsp3) is 0.562. The van der Waals surface area contributed by atoms with Crippen molar-refractivity contribution >= 4 is 5.97 Å². The Morgan fingerprint density at radius 1 is 1.25 bits per heavy atom. The maximum atomic E-state index is 11.6. The number of rotatable bonds is 8. The van der Waals surface area contributed by atoms with E-state index < -0.39 is 6.10 Å². The second kappa shape index (κ2) is 8.59. The van der Waals surface area contributed by atoms with Gasteiger partial charge in [-0.15, -0.1) is 0 Å². The van der Waals surface area contributed by atoms with Crippen LogP contribution in [0.2, 0.25) is 0 Å². The third-order valence-corrected chi connectivity index (χ3v) is 3.01. The van der Waals surface area contributed by atoms with Crippen LogP contribution in [0.1, 0.15) is 45.7 Å². The molecule has 4 heteroatoms. The molecule has 0 spiro atoms. The minimum Gasteiger partial charge on any atom is -0.479 e. The van der Waals surface area contributed by atoms with Gasteiger partial charge >= 0.3 is 5.97 Å². The van der Waals surface area contributed by atoms with Crippen molar-refractivity contribution in [1.29, 1.82) is 0 Å². The van der Waals surface area contributed by atoms with Crippen LogP contribution in [0, 0.1) is 0 Å². The van der Waals surface area contributed by atoms with E-state index in [1.807, 2.05) is 24.3 Å². The minimum atomic E-state index is -0.602. The Bertz CT molecular complexity index is 420. The molecule has 0 aliphatic rings. The first-order valence-corrected chi connectivity index (χ1v) is 7.25. The SMILES string of the molecule is CCCNC(C)c1ccccc1OC(C)C(=O)OCC. The van der Waals surface area contributed by atoms with E-state index in [-0.39, 0.29) is 12.0 Å². The zero-order chi connectivity index (χ0) is 15.0. The Hall–Kier alpha value is -1.55. The number of hydrogen-bond donors (Lipinski definition) is 1. The molecule has 0 saturated carbocycles. The van der Waals surface area contributed by atoms with E-state index in [2.05, 4.69) is 19.2 Å². The lowest BCUT2D eigenvalue weighted by molar-refractivity contribution is -0.150. The third kappa shape index (κ3) is 4.85. The van der Waals surface area contributed by atoms with Crippen molar-refractivity contribution in [3.63, 3.8) is 0 Å². The number of ether oxygens (including phenoxy) is 2. The van der Waals surface area contributed by atoms with Crippen LogP contribution in [0.5, 0.6) is 5.75 Å². The summed E-state index contributed by atoms with van der Waals surface area (Å²) in [5.41, 5.74) is 1.05. The first kappa shape index (κ1) is 16.5. The molecule has 0 aliphatic heterocycles. The molecule has 1 aromatic carbocycles. The maximum Gasteiger partial charge on any atom is 0.347 e. The molecule has 0 aromatic heterocycles. The van der Waals surface area contributed by atoms with Gasteiger partial charge in [0.15, 0.2) is 6.10 Å². The highest BCUT2D eigenvalue weighted by molar-refractivity contribution is 5.74. The summed E-state index contributed by atoms with van der Waals surface area (Å²) in [6.07, 6.45) is 0.474. The summed E-state index contributed by atoms with van der Waals surface area (Å²) < 4.78 is 10.7. The molecule has 0 amide bonds. The molecule has 0 bridgehead atoms. The van der Waals surface area contributed by atoms with Gasteiger partial charge in [0.05, 0.1) is 6.61 Å². The van der Waals surface area contributed by atoms with Gasteiger partial charge in [0.25, 0.3) is 0 Å². The summed E-state index contributed by atoms with van der Waals surface area (Å²) >= 11 is 0. The molecule has 1 rings (SSSR count). The third-order valence-electron chi connectivity index (χ3n) is 3.01. The van der Waals surface area contributed by atoms with Crippen LogP contribution in [0.25, 0.3) is 0 Å². The fourth-order valence-corrected chi connectivity index (χ4v) is 1.91. The van der Waals surface area contributed by atoms with E-state index in [0.29, 0.717) is 6.61 Å². The van der Waals surface area contributed by atoms with E-state index >= 15 is 0 Å². The van der Waals surface area contributed by atoms with Gasteiger partial charge in [-0.05, 0) is 39.8 Å². The van der Waals surface area contributed by atoms with Crippen LogP contribution in [-0.4, -0.2) is 25.2 Å². The van der Waals surface area contributed by atoms with E-state index in [0.717, 1.165) is 24.3 Å². The summed E-state index contributed by atoms with van der Waals surface area (Å²) in [7, 11) is 0. The fourth-order valence-electron chi connectivity index (χ4n) is 1.91. The average Bonchev–Trinajstić information content (AvgIpc) is 2.45. The molecule has 4 nitrogen and oxygen atoms in total. The monoisotopic (exact) mass is 279 g/mol. The Kier molecular flexibility index (Phi) is 7.09. The Morgan fingerprint density at radius 2 is 1.95 bits per heavy atom. The van der Waals surface area contributed by atoms with Crippen LogP contribution in [0.15, 0.2) is 24.3 Å². The predicted octanol–water partition coefficient (Wildman–Crippen LogP) is 3.08. The minimum absolute atomic E-state index is 0.181. The van der Waals surface area contributed by atoms with Gasteiger partial charge in [-0.1, -0.05) is 25.1 Å². The summed E-state index contributed by atoms with van der Waals surface area (Å²) in [5, 5.41) is 3.42. The second-order valence-electron chi connectivity index (χ2n) is 4.73. The van der Waals surface area contributed by atoms with Crippen molar-refractivity contribution < 1.29 is 14.3 Å². The van der Waals surface area contributed by atoms with Crippen LogP contribution < -0.4 is 10.1 Å². The van der Waals surface area contributed by atoms with Crippen molar-refractivity contribution in [1.82, 2.24) is 5.32 Å². The molecule has 1 N–H and O–H groups in total. The number of carbonyl (C=O) groups is 1. The molecular formula is C16H25NO3. The molecular weight excluding hydrogens is 254 g/mol. The predicted molar refractivity (Wildman–Crippen MR) is 79.9 cm³/mol. The Labute approximate surface area is 121 Å². The molecule has 20 heavy (non-hydrogen) atoms. The van der Waals surface area contributed by atoms with E-state index in [4.69, 9.17) is 9.47 Å². The Morgan fingerprint density at radius 3 is 2.60 bits per heavy atom. The van der Waals surface area contributed by atoms with Crippen molar-refractivity contribution in [2.45, 2.75) is 46.3 Å². The van der Waals surface area contributed by atoms with Gasteiger partial charge in [0.2, 0.25) is 0 Å². The van der Waals surface area contributed by atoms with E-state index in [1.54, 1.807) is 13.8 Å². The molecule has 0 aliphatic carbocycles. The number of hydrogen-bond acceptors (Lipinski definition) is 4. The van der Waals surface area contributed by atoms with Crippen molar-refractivity contribution in [3.8, 4) is 5.75 Å². The highest BCUT2D eigenvalue weighted by Gasteiger charge is 2.18. The van der Waals surface area contributed by atoms with Gasteiger partial charge in [-0.2, -0.15) is 0 Å². The number of esters is 1. The summed E-state index contributed by atoms with van der Waals surface area (Å²) in [6, 6.07) is 7.96. The van der Waals surface area contributed by atoms with Gasteiger partial charge < -0.3 is 14.8 Å². The Balaban J connectivity index is 2.77.